The lowest BCUT2D eigenvalue weighted by atomic mass is 10.1. The van der Waals surface area contributed by atoms with Gasteiger partial charge in [-0.25, -0.2) is 5.10 Å². The van der Waals surface area contributed by atoms with Crippen molar-refractivity contribution in [3.8, 4) is 0 Å². The zero-order valence-corrected chi connectivity index (χ0v) is 8.86. The van der Waals surface area contributed by atoms with E-state index in [1.165, 1.54) is 18.9 Å². The maximum absolute atomic E-state index is 10.7. The van der Waals surface area contributed by atoms with E-state index in [9.17, 15) is 4.79 Å². The summed E-state index contributed by atoms with van der Waals surface area (Å²) in [6.07, 6.45) is 2.56. The van der Waals surface area contributed by atoms with Gasteiger partial charge in [0.15, 0.2) is 0 Å². The molecule has 1 aromatic heterocycles. The van der Waals surface area contributed by atoms with Crippen molar-refractivity contribution in [1.82, 2.24) is 10.2 Å². The summed E-state index contributed by atoms with van der Waals surface area (Å²) in [4.78, 5) is 10.7. The Hall–Kier alpha value is -1.03. The minimum atomic E-state index is -0.164. The highest BCUT2D eigenvalue weighted by Gasteiger charge is 2.36. The van der Waals surface area contributed by atoms with Crippen LogP contribution in [0.3, 0.4) is 0 Å². The second kappa shape index (κ2) is 4.00. The second-order valence-corrected chi connectivity index (χ2v) is 3.97. The summed E-state index contributed by atoms with van der Waals surface area (Å²) in [5.74, 6) is 0.743. The number of nitrogens with one attached hydrogen (secondary N) is 2. The fourth-order valence-corrected chi connectivity index (χ4v) is 1.14. The van der Waals surface area contributed by atoms with Crippen LogP contribution >= 0.6 is 12.4 Å². The summed E-state index contributed by atoms with van der Waals surface area (Å²) in [5.41, 5.74) is 0.292. The number of aromatic amines is 1. The third-order valence-corrected chi connectivity index (χ3v) is 2.48. The molecule has 78 valence electrons. The first-order valence-corrected chi connectivity index (χ1v) is 4.48. The minimum absolute atomic E-state index is 0. The smallest absolute Gasteiger partial charge is 0.264 e. The first-order valence-electron chi connectivity index (χ1n) is 4.48. The number of hydrogen-bond donors (Lipinski definition) is 2. The Morgan fingerprint density at radius 3 is 2.79 bits per heavy atom. The van der Waals surface area contributed by atoms with Gasteiger partial charge in [0.2, 0.25) is 0 Å². The Morgan fingerprint density at radius 1 is 1.57 bits per heavy atom. The molecule has 0 spiro atoms. The molecule has 0 radical (unpaired) electrons. The van der Waals surface area contributed by atoms with Gasteiger partial charge in [-0.05, 0) is 24.3 Å². The normalized spacial score (nSPS) is 16.9. The van der Waals surface area contributed by atoms with Crippen molar-refractivity contribution in [2.24, 2.45) is 5.41 Å². The van der Waals surface area contributed by atoms with E-state index < -0.39 is 0 Å². The van der Waals surface area contributed by atoms with Gasteiger partial charge in [0.1, 0.15) is 5.82 Å². The summed E-state index contributed by atoms with van der Waals surface area (Å²) in [6.45, 7) is 3.18. The molecule has 0 unspecified atom stereocenters. The molecule has 0 aliphatic heterocycles. The average Bonchev–Trinajstić information content (AvgIpc) is 2.84. The van der Waals surface area contributed by atoms with E-state index in [2.05, 4.69) is 22.4 Å². The first-order chi connectivity index (χ1) is 6.18. The maximum Gasteiger partial charge on any atom is 0.264 e. The van der Waals surface area contributed by atoms with Crippen LogP contribution in [0.2, 0.25) is 0 Å². The van der Waals surface area contributed by atoms with E-state index in [-0.39, 0.29) is 18.0 Å². The molecule has 0 bridgehead atoms. The molecule has 0 saturated heterocycles. The molecule has 5 heteroatoms. The summed E-state index contributed by atoms with van der Waals surface area (Å²) < 4.78 is 0. The van der Waals surface area contributed by atoms with Gasteiger partial charge in [0, 0.05) is 12.6 Å². The van der Waals surface area contributed by atoms with Crippen LogP contribution in [-0.2, 0) is 0 Å². The molecule has 1 saturated carbocycles. The Kier molecular flexibility index (Phi) is 3.16. The molecule has 0 atom stereocenters. The van der Waals surface area contributed by atoms with Crippen molar-refractivity contribution >= 4 is 18.2 Å². The molecule has 1 aliphatic carbocycles. The van der Waals surface area contributed by atoms with Crippen LogP contribution in [0.15, 0.2) is 16.9 Å². The summed E-state index contributed by atoms with van der Waals surface area (Å²) in [5, 5.41) is 9.44. The highest BCUT2D eigenvalue weighted by Crippen LogP contribution is 2.44. The van der Waals surface area contributed by atoms with Crippen LogP contribution in [0.25, 0.3) is 0 Å². The lowest BCUT2D eigenvalue weighted by Crippen LogP contribution is -2.15. The molecule has 2 rings (SSSR count). The molecule has 1 fully saturated rings. The fourth-order valence-electron chi connectivity index (χ4n) is 1.14. The molecule has 0 amide bonds. The van der Waals surface area contributed by atoms with Gasteiger partial charge in [-0.3, -0.25) is 4.79 Å². The number of halogens is 1. The van der Waals surface area contributed by atoms with Gasteiger partial charge < -0.3 is 5.32 Å². The Morgan fingerprint density at radius 2 is 2.29 bits per heavy atom. The largest absolute Gasteiger partial charge is 0.368 e. The highest BCUT2D eigenvalue weighted by molar-refractivity contribution is 5.85. The van der Waals surface area contributed by atoms with E-state index in [1.54, 1.807) is 6.07 Å². The fraction of sp³-hybridized carbons (Fsp3) is 0.556. The van der Waals surface area contributed by atoms with Crippen molar-refractivity contribution < 1.29 is 0 Å². The number of rotatable bonds is 3. The molecule has 4 nitrogen and oxygen atoms in total. The van der Waals surface area contributed by atoms with Crippen LogP contribution in [0.1, 0.15) is 19.8 Å². The number of hydrogen-bond acceptors (Lipinski definition) is 3. The number of anilines is 1. The van der Waals surface area contributed by atoms with Crippen molar-refractivity contribution in [2.45, 2.75) is 19.8 Å². The van der Waals surface area contributed by atoms with E-state index in [1.807, 2.05) is 0 Å². The van der Waals surface area contributed by atoms with E-state index in [0.29, 0.717) is 5.41 Å². The van der Waals surface area contributed by atoms with Gasteiger partial charge in [-0.2, -0.15) is 5.10 Å². The maximum atomic E-state index is 10.7. The number of nitrogens with zero attached hydrogens (tertiary/aromatic N) is 1. The predicted molar refractivity (Wildman–Crippen MR) is 57.9 cm³/mol. The van der Waals surface area contributed by atoms with Crippen molar-refractivity contribution in [3.63, 3.8) is 0 Å². The standard InChI is InChI=1S/C9H13N3O.ClH/c1-9(4-5-9)6-10-7-2-3-8(13)12-11-7;/h2-3H,4-6H2,1H3,(H,10,11)(H,12,13);1H. The SMILES string of the molecule is CC1(CNc2ccc(=O)[nH]n2)CC1.Cl. The topological polar surface area (TPSA) is 57.8 Å². The van der Waals surface area contributed by atoms with Crippen molar-refractivity contribution in [2.75, 3.05) is 11.9 Å². The van der Waals surface area contributed by atoms with E-state index >= 15 is 0 Å². The van der Waals surface area contributed by atoms with Crippen molar-refractivity contribution in [3.05, 3.63) is 22.5 Å². The van der Waals surface area contributed by atoms with Crippen LogP contribution in [-0.4, -0.2) is 16.7 Å². The van der Waals surface area contributed by atoms with Crippen LogP contribution < -0.4 is 10.9 Å². The van der Waals surface area contributed by atoms with E-state index in [4.69, 9.17) is 0 Å². The quantitative estimate of drug-likeness (QED) is 0.802. The van der Waals surface area contributed by atoms with Gasteiger partial charge in [-0.1, -0.05) is 6.92 Å². The minimum Gasteiger partial charge on any atom is -0.368 e. The average molecular weight is 216 g/mol. The monoisotopic (exact) mass is 215 g/mol. The predicted octanol–water partition coefficient (Wildman–Crippen LogP) is 1.40. The summed E-state index contributed by atoms with van der Waals surface area (Å²) >= 11 is 0. The molecular formula is C9H14ClN3O. The third kappa shape index (κ3) is 2.73. The molecular weight excluding hydrogens is 202 g/mol. The highest BCUT2D eigenvalue weighted by atomic mass is 35.5. The summed E-state index contributed by atoms with van der Waals surface area (Å²) in [7, 11) is 0. The third-order valence-electron chi connectivity index (χ3n) is 2.48. The lowest BCUT2D eigenvalue weighted by molar-refractivity contribution is 0.608. The number of aromatic nitrogens is 2. The Balaban J connectivity index is 0.000000980. The lowest BCUT2D eigenvalue weighted by Gasteiger charge is -2.09. The van der Waals surface area contributed by atoms with Crippen LogP contribution in [0.4, 0.5) is 5.82 Å². The molecule has 1 heterocycles. The number of H-pyrrole nitrogens is 1. The molecule has 2 N–H and O–H groups in total. The Bertz CT molecular complexity index is 339. The van der Waals surface area contributed by atoms with E-state index in [0.717, 1.165) is 12.4 Å². The molecule has 0 aromatic carbocycles. The van der Waals surface area contributed by atoms with Gasteiger partial charge in [0.05, 0.1) is 0 Å². The molecule has 1 aliphatic rings. The first kappa shape index (κ1) is 11.0. The van der Waals surface area contributed by atoms with Gasteiger partial charge >= 0.3 is 0 Å². The zero-order chi connectivity index (χ0) is 9.31. The van der Waals surface area contributed by atoms with Crippen LogP contribution in [0.5, 0.6) is 0 Å². The van der Waals surface area contributed by atoms with Crippen molar-refractivity contribution in [1.29, 1.82) is 0 Å². The molecule has 1 aromatic rings. The summed E-state index contributed by atoms with van der Waals surface area (Å²) in [6, 6.07) is 3.18. The second-order valence-electron chi connectivity index (χ2n) is 3.97. The Labute approximate surface area is 88.5 Å². The van der Waals surface area contributed by atoms with Gasteiger partial charge in [0.25, 0.3) is 5.56 Å². The van der Waals surface area contributed by atoms with Gasteiger partial charge in [-0.15, -0.1) is 12.4 Å². The molecule has 14 heavy (non-hydrogen) atoms. The van der Waals surface area contributed by atoms with Crippen LogP contribution in [0, 0.1) is 5.41 Å². The zero-order valence-electron chi connectivity index (χ0n) is 8.04.